The summed E-state index contributed by atoms with van der Waals surface area (Å²) in [7, 11) is 1.67. The minimum absolute atomic E-state index is 0.728. The molecule has 0 saturated carbocycles. The number of methoxy groups -OCH3 is 1. The highest BCUT2D eigenvalue weighted by Crippen LogP contribution is 2.23. The first-order valence-corrected chi connectivity index (χ1v) is 11.2. The van der Waals surface area contributed by atoms with Gasteiger partial charge in [-0.1, -0.05) is 24.3 Å². The van der Waals surface area contributed by atoms with Crippen molar-refractivity contribution in [2.75, 3.05) is 19.0 Å². The lowest BCUT2D eigenvalue weighted by molar-refractivity contribution is 0.415. The standard InChI is InChI=1S/C24H25N3OS2/c1-17-21(22-7-3-4-8-23(22)25-17)13-14-27(16-20-6-5-15-30-20)24(29)26-18-9-11-19(28-2)12-10-18/h3-12,15,25H,13-14,16H2,1-2H3,(H,26,29). The monoisotopic (exact) mass is 435 g/mol. The number of hydrogen-bond acceptors (Lipinski definition) is 3. The van der Waals surface area contributed by atoms with Crippen LogP contribution in [0.15, 0.2) is 66.0 Å². The van der Waals surface area contributed by atoms with E-state index < -0.39 is 0 Å². The summed E-state index contributed by atoms with van der Waals surface area (Å²) in [5.41, 5.74) is 4.73. The average Bonchev–Trinajstić information content (AvgIpc) is 3.38. The second-order valence-corrected chi connectivity index (χ2v) is 8.60. The zero-order chi connectivity index (χ0) is 20.9. The maximum Gasteiger partial charge on any atom is 0.173 e. The van der Waals surface area contributed by atoms with E-state index in [0.29, 0.717) is 0 Å². The number of benzene rings is 2. The molecule has 2 N–H and O–H groups in total. The molecule has 2 heterocycles. The van der Waals surface area contributed by atoms with Gasteiger partial charge in [-0.3, -0.25) is 0 Å². The molecule has 154 valence electrons. The third-order valence-corrected chi connectivity index (χ3v) is 6.44. The minimum Gasteiger partial charge on any atom is -0.497 e. The van der Waals surface area contributed by atoms with E-state index in [1.807, 2.05) is 24.3 Å². The van der Waals surface area contributed by atoms with Crippen LogP contribution < -0.4 is 10.1 Å². The molecule has 4 rings (SSSR count). The minimum atomic E-state index is 0.728. The van der Waals surface area contributed by atoms with Gasteiger partial charge in [0.2, 0.25) is 0 Å². The van der Waals surface area contributed by atoms with Crippen molar-refractivity contribution in [3.63, 3.8) is 0 Å². The Hall–Kier alpha value is -2.83. The van der Waals surface area contributed by atoms with Crippen LogP contribution in [-0.4, -0.2) is 28.7 Å². The molecule has 0 amide bonds. The molecule has 0 aliphatic rings. The SMILES string of the molecule is COc1ccc(NC(=S)N(CCc2c(C)[nH]c3ccccc23)Cc2cccs2)cc1. The number of aromatic nitrogens is 1. The zero-order valence-electron chi connectivity index (χ0n) is 17.1. The highest BCUT2D eigenvalue weighted by molar-refractivity contribution is 7.80. The van der Waals surface area contributed by atoms with Gasteiger partial charge >= 0.3 is 0 Å². The lowest BCUT2D eigenvalue weighted by Crippen LogP contribution is -2.35. The molecular formula is C24H25N3OS2. The third-order valence-electron chi connectivity index (χ3n) is 5.21. The van der Waals surface area contributed by atoms with E-state index in [9.17, 15) is 0 Å². The summed E-state index contributed by atoms with van der Waals surface area (Å²) in [5.74, 6) is 0.830. The summed E-state index contributed by atoms with van der Waals surface area (Å²) in [6.45, 7) is 3.77. The lowest BCUT2D eigenvalue weighted by atomic mass is 10.1. The maximum atomic E-state index is 5.80. The number of nitrogens with zero attached hydrogens (tertiary/aromatic N) is 1. The normalized spacial score (nSPS) is 10.9. The average molecular weight is 436 g/mol. The van der Waals surface area contributed by atoms with Crippen LogP contribution in [0, 0.1) is 6.92 Å². The molecule has 0 aliphatic heterocycles. The molecule has 0 aliphatic carbocycles. The van der Waals surface area contributed by atoms with Gasteiger partial charge in [0, 0.05) is 33.7 Å². The van der Waals surface area contributed by atoms with Crippen molar-refractivity contribution >= 4 is 45.3 Å². The smallest absolute Gasteiger partial charge is 0.173 e. The van der Waals surface area contributed by atoms with Crippen molar-refractivity contribution in [1.29, 1.82) is 0 Å². The summed E-state index contributed by atoms with van der Waals surface area (Å²) in [4.78, 5) is 7.04. The van der Waals surface area contributed by atoms with Crippen molar-refractivity contribution in [3.8, 4) is 5.75 Å². The van der Waals surface area contributed by atoms with Gasteiger partial charge in [-0.05, 0) is 72.9 Å². The summed E-state index contributed by atoms with van der Waals surface area (Å²) in [5, 5.41) is 7.51. The number of hydrogen-bond donors (Lipinski definition) is 2. The number of fused-ring (bicyclic) bond motifs is 1. The van der Waals surface area contributed by atoms with Crippen molar-refractivity contribution in [2.24, 2.45) is 0 Å². The van der Waals surface area contributed by atoms with E-state index in [4.69, 9.17) is 17.0 Å². The molecule has 4 nitrogen and oxygen atoms in total. The molecule has 30 heavy (non-hydrogen) atoms. The number of aromatic amines is 1. The highest BCUT2D eigenvalue weighted by Gasteiger charge is 2.15. The molecule has 0 bridgehead atoms. The second-order valence-electron chi connectivity index (χ2n) is 7.18. The summed E-state index contributed by atoms with van der Waals surface area (Å²) in [6.07, 6.45) is 0.922. The number of anilines is 1. The van der Waals surface area contributed by atoms with E-state index in [1.54, 1.807) is 18.4 Å². The third kappa shape index (κ3) is 4.66. The van der Waals surface area contributed by atoms with Gasteiger partial charge in [0.15, 0.2) is 5.11 Å². The van der Waals surface area contributed by atoms with Crippen LogP contribution in [0.4, 0.5) is 5.69 Å². The Morgan fingerprint density at radius 1 is 1.10 bits per heavy atom. The number of thiocarbonyl (C=S) groups is 1. The van der Waals surface area contributed by atoms with E-state index in [2.05, 4.69) is 63.9 Å². The Kier molecular flexibility index (Phi) is 6.35. The van der Waals surface area contributed by atoms with Crippen LogP contribution in [-0.2, 0) is 13.0 Å². The molecule has 0 radical (unpaired) electrons. The van der Waals surface area contributed by atoms with Crippen LogP contribution in [0.2, 0.25) is 0 Å². The number of nitrogens with one attached hydrogen (secondary N) is 2. The Morgan fingerprint density at radius 3 is 2.63 bits per heavy atom. The van der Waals surface area contributed by atoms with Crippen LogP contribution >= 0.6 is 23.6 Å². The Bertz CT molecular complexity index is 1120. The fourth-order valence-corrected chi connectivity index (χ4v) is 4.62. The van der Waals surface area contributed by atoms with Crippen molar-refractivity contribution in [1.82, 2.24) is 9.88 Å². The highest BCUT2D eigenvalue weighted by atomic mass is 32.1. The Morgan fingerprint density at radius 2 is 1.90 bits per heavy atom. The Balaban J connectivity index is 1.51. The van der Waals surface area contributed by atoms with E-state index in [-0.39, 0.29) is 0 Å². The quantitative estimate of drug-likeness (QED) is 0.350. The molecule has 0 atom stereocenters. The predicted molar refractivity (Wildman–Crippen MR) is 131 cm³/mol. The van der Waals surface area contributed by atoms with Crippen LogP contribution in [0.1, 0.15) is 16.1 Å². The van der Waals surface area contributed by atoms with E-state index >= 15 is 0 Å². The predicted octanol–water partition coefficient (Wildman–Crippen LogP) is 5.99. The van der Waals surface area contributed by atoms with Gasteiger partial charge in [-0.25, -0.2) is 0 Å². The van der Waals surface area contributed by atoms with Gasteiger partial charge in [0.05, 0.1) is 13.7 Å². The van der Waals surface area contributed by atoms with Gasteiger partial charge in [-0.15, -0.1) is 11.3 Å². The topological polar surface area (TPSA) is 40.3 Å². The molecule has 0 unspecified atom stereocenters. The molecule has 4 aromatic rings. The molecule has 2 aromatic carbocycles. The molecule has 0 saturated heterocycles. The van der Waals surface area contributed by atoms with E-state index in [0.717, 1.165) is 36.1 Å². The number of thiophene rings is 1. The van der Waals surface area contributed by atoms with E-state index in [1.165, 1.54) is 27.0 Å². The summed E-state index contributed by atoms with van der Waals surface area (Å²) < 4.78 is 5.25. The van der Waals surface area contributed by atoms with Crippen LogP contribution in [0.3, 0.4) is 0 Å². The molecule has 6 heteroatoms. The number of H-pyrrole nitrogens is 1. The van der Waals surface area contributed by atoms with Crippen LogP contribution in [0.25, 0.3) is 10.9 Å². The number of ether oxygens (including phenoxy) is 1. The fourth-order valence-electron chi connectivity index (χ4n) is 3.62. The van der Waals surface area contributed by atoms with Crippen molar-refractivity contribution in [2.45, 2.75) is 19.9 Å². The fraction of sp³-hybridized carbons (Fsp3) is 0.208. The maximum absolute atomic E-state index is 5.80. The van der Waals surface area contributed by atoms with Gasteiger partial charge in [0.1, 0.15) is 5.75 Å². The first kappa shape index (κ1) is 20.4. The summed E-state index contributed by atoms with van der Waals surface area (Å²) >= 11 is 7.55. The zero-order valence-corrected chi connectivity index (χ0v) is 18.8. The van der Waals surface area contributed by atoms with Gasteiger partial charge in [0.25, 0.3) is 0 Å². The number of aryl methyl sites for hydroxylation is 1. The Labute approximate surface area is 186 Å². The lowest BCUT2D eigenvalue weighted by Gasteiger charge is -2.26. The van der Waals surface area contributed by atoms with Gasteiger partial charge in [-0.2, -0.15) is 0 Å². The van der Waals surface area contributed by atoms with Gasteiger partial charge < -0.3 is 19.9 Å². The first-order chi connectivity index (χ1) is 14.6. The van der Waals surface area contributed by atoms with Crippen molar-refractivity contribution in [3.05, 3.63) is 82.2 Å². The molecule has 2 aromatic heterocycles. The largest absolute Gasteiger partial charge is 0.497 e. The number of rotatable bonds is 7. The first-order valence-electron chi connectivity index (χ1n) is 9.92. The molecular weight excluding hydrogens is 410 g/mol. The summed E-state index contributed by atoms with van der Waals surface area (Å²) in [6, 6.07) is 20.6. The van der Waals surface area contributed by atoms with Crippen LogP contribution in [0.5, 0.6) is 5.75 Å². The molecule has 0 spiro atoms. The number of para-hydroxylation sites is 1. The molecule has 0 fully saturated rings. The second kappa shape index (κ2) is 9.32. The van der Waals surface area contributed by atoms with Crippen molar-refractivity contribution < 1.29 is 4.74 Å².